The van der Waals surface area contributed by atoms with E-state index in [-0.39, 0.29) is 12.2 Å². The second kappa shape index (κ2) is 23.0. The fourth-order valence-electron chi connectivity index (χ4n) is 6.02. The monoisotopic (exact) mass is 707 g/mol. The van der Waals surface area contributed by atoms with Crippen LogP contribution in [0.15, 0.2) is 48.5 Å². The Hall–Kier alpha value is -2.68. The fraction of sp³-hybridized carbons (Fsp3) is 0.658. The summed E-state index contributed by atoms with van der Waals surface area (Å²) in [5, 5.41) is 64.9. The second-order valence-electron chi connectivity index (χ2n) is 13.3. The zero-order valence-electron chi connectivity index (χ0n) is 29.2. The van der Waals surface area contributed by atoms with Crippen molar-refractivity contribution in [2.75, 3.05) is 13.2 Å². The number of hydrogen-bond donors (Lipinski definition) is 7. The standard InChI is InChI=1S/C38H58FNO10/c1-2-3-4-5-6-7-8-9-10-11-12-13-14-31(42)34(44)30(25-48-38-37(47)36(46)35(45)32(24-41)50-38)40-33(43)23-26-15-19-28(20-16-26)49-29-21-17-27(39)18-22-29/h15-22,30-32,34-38,41-42,44-47H,2-14,23-25H2,1H3,(H,40,43)/t30-,31+,32?,34-,35-,36-,37?,38-/m0/s1. The van der Waals surface area contributed by atoms with Crippen molar-refractivity contribution in [3.8, 4) is 11.5 Å². The molecular weight excluding hydrogens is 649 g/mol. The largest absolute Gasteiger partial charge is 0.457 e. The van der Waals surface area contributed by atoms with E-state index in [1.165, 1.54) is 75.6 Å². The van der Waals surface area contributed by atoms with Gasteiger partial charge < -0.3 is 50.2 Å². The molecule has 0 saturated carbocycles. The van der Waals surface area contributed by atoms with E-state index < -0.39 is 68.1 Å². The molecule has 2 unspecified atom stereocenters. The minimum Gasteiger partial charge on any atom is -0.457 e. The Balaban J connectivity index is 1.51. The molecule has 0 aromatic heterocycles. The van der Waals surface area contributed by atoms with Gasteiger partial charge in [-0.2, -0.15) is 0 Å². The molecule has 0 bridgehead atoms. The van der Waals surface area contributed by atoms with Crippen LogP contribution in [0.3, 0.4) is 0 Å². The van der Waals surface area contributed by atoms with Crippen LogP contribution in [-0.2, 0) is 20.7 Å². The Morgan fingerprint density at radius 1 is 0.800 bits per heavy atom. The fourth-order valence-corrected chi connectivity index (χ4v) is 6.02. The number of rotatable bonds is 24. The number of hydrogen-bond acceptors (Lipinski definition) is 10. The van der Waals surface area contributed by atoms with E-state index in [1.54, 1.807) is 24.3 Å². The summed E-state index contributed by atoms with van der Waals surface area (Å²) in [7, 11) is 0. The van der Waals surface area contributed by atoms with E-state index in [2.05, 4.69) is 12.2 Å². The summed E-state index contributed by atoms with van der Waals surface area (Å²) < 4.78 is 29.9. The molecule has 1 fully saturated rings. The smallest absolute Gasteiger partial charge is 0.224 e. The number of amides is 1. The number of unbranched alkanes of at least 4 members (excludes halogenated alkanes) is 11. The quantitative estimate of drug-likeness (QED) is 0.0780. The summed E-state index contributed by atoms with van der Waals surface area (Å²) in [5.74, 6) is 0.0897. The molecule has 1 aliphatic rings. The van der Waals surface area contributed by atoms with Crippen molar-refractivity contribution in [1.29, 1.82) is 0 Å². The van der Waals surface area contributed by atoms with Gasteiger partial charge in [-0.15, -0.1) is 0 Å². The highest BCUT2D eigenvalue weighted by atomic mass is 19.1. The maximum Gasteiger partial charge on any atom is 0.224 e. The van der Waals surface area contributed by atoms with Crippen LogP contribution in [0.25, 0.3) is 0 Å². The summed E-state index contributed by atoms with van der Waals surface area (Å²) in [6.45, 7) is 1.17. The third-order valence-corrected chi connectivity index (χ3v) is 9.13. The summed E-state index contributed by atoms with van der Waals surface area (Å²) in [6.07, 6.45) is 4.00. The lowest BCUT2D eigenvalue weighted by Gasteiger charge is -2.40. The van der Waals surface area contributed by atoms with Gasteiger partial charge in [-0.05, 0) is 48.4 Å². The van der Waals surface area contributed by atoms with Gasteiger partial charge in [-0.25, -0.2) is 4.39 Å². The van der Waals surface area contributed by atoms with E-state index in [1.807, 2.05) is 0 Å². The maximum atomic E-state index is 13.2. The Labute approximate surface area is 295 Å². The van der Waals surface area contributed by atoms with Crippen LogP contribution >= 0.6 is 0 Å². The van der Waals surface area contributed by atoms with Gasteiger partial charge in [0.05, 0.1) is 31.8 Å². The average Bonchev–Trinajstić information content (AvgIpc) is 3.11. The zero-order valence-corrected chi connectivity index (χ0v) is 29.2. The zero-order chi connectivity index (χ0) is 36.3. The first-order chi connectivity index (χ1) is 24.1. The number of halogens is 1. The van der Waals surface area contributed by atoms with Gasteiger partial charge in [0.15, 0.2) is 6.29 Å². The first-order valence-electron chi connectivity index (χ1n) is 18.2. The van der Waals surface area contributed by atoms with Gasteiger partial charge >= 0.3 is 0 Å². The predicted molar refractivity (Wildman–Crippen MR) is 186 cm³/mol. The van der Waals surface area contributed by atoms with E-state index in [4.69, 9.17) is 14.2 Å². The van der Waals surface area contributed by atoms with Crippen LogP contribution in [0, 0.1) is 5.82 Å². The van der Waals surface area contributed by atoms with Crippen molar-refractivity contribution in [3.05, 3.63) is 59.9 Å². The van der Waals surface area contributed by atoms with Crippen LogP contribution in [0.2, 0.25) is 0 Å². The van der Waals surface area contributed by atoms with Gasteiger partial charge in [-0.1, -0.05) is 96.1 Å². The van der Waals surface area contributed by atoms with Crippen molar-refractivity contribution < 1.29 is 54.0 Å². The molecule has 0 radical (unpaired) electrons. The molecule has 50 heavy (non-hydrogen) atoms. The number of ether oxygens (including phenoxy) is 3. The van der Waals surface area contributed by atoms with Crippen molar-refractivity contribution in [1.82, 2.24) is 5.32 Å². The summed E-state index contributed by atoms with van der Waals surface area (Å²) in [5.41, 5.74) is 0.633. The summed E-state index contributed by atoms with van der Waals surface area (Å²) in [6, 6.07) is 11.2. The lowest BCUT2D eigenvalue weighted by atomic mass is 9.98. The number of aliphatic hydroxyl groups excluding tert-OH is 6. The molecule has 1 heterocycles. The van der Waals surface area contributed by atoms with Gasteiger partial charge in [0.1, 0.15) is 47.8 Å². The van der Waals surface area contributed by atoms with E-state index >= 15 is 0 Å². The Morgan fingerprint density at radius 3 is 1.90 bits per heavy atom. The van der Waals surface area contributed by atoms with Crippen LogP contribution in [0.4, 0.5) is 4.39 Å². The molecule has 282 valence electrons. The first kappa shape index (κ1) is 41.7. The Kier molecular flexibility index (Phi) is 19.2. The molecular formula is C38H58FNO10. The highest BCUT2D eigenvalue weighted by Gasteiger charge is 2.44. The van der Waals surface area contributed by atoms with Gasteiger partial charge in [0.2, 0.25) is 5.91 Å². The molecule has 11 nitrogen and oxygen atoms in total. The molecule has 3 rings (SSSR count). The summed E-state index contributed by atoms with van der Waals surface area (Å²) >= 11 is 0. The third kappa shape index (κ3) is 14.5. The van der Waals surface area contributed by atoms with Crippen molar-refractivity contribution in [2.45, 2.75) is 146 Å². The van der Waals surface area contributed by atoms with Crippen molar-refractivity contribution in [2.24, 2.45) is 0 Å². The normalized spacial score (nSPS) is 22.5. The highest BCUT2D eigenvalue weighted by molar-refractivity contribution is 5.79. The minimum absolute atomic E-state index is 0.0745. The maximum absolute atomic E-state index is 13.2. The van der Waals surface area contributed by atoms with Crippen LogP contribution in [-0.4, -0.2) is 98.7 Å². The van der Waals surface area contributed by atoms with Crippen molar-refractivity contribution >= 4 is 5.91 Å². The van der Waals surface area contributed by atoms with E-state index in [0.717, 1.165) is 19.3 Å². The molecule has 2 aromatic rings. The molecule has 0 spiro atoms. The highest BCUT2D eigenvalue weighted by Crippen LogP contribution is 2.24. The number of benzene rings is 2. The topological polar surface area (TPSA) is 178 Å². The molecule has 0 aliphatic carbocycles. The lowest BCUT2D eigenvalue weighted by molar-refractivity contribution is -0.303. The molecule has 12 heteroatoms. The van der Waals surface area contributed by atoms with Gasteiger partial charge in [0, 0.05) is 0 Å². The Morgan fingerprint density at radius 2 is 1.34 bits per heavy atom. The molecule has 8 atom stereocenters. The molecule has 1 amide bonds. The number of aliphatic hydroxyl groups is 6. The van der Waals surface area contributed by atoms with Gasteiger partial charge in [-0.3, -0.25) is 4.79 Å². The Bertz CT molecular complexity index is 1200. The van der Waals surface area contributed by atoms with Crippen LogP contribution in [0.1, 0.15) is 96.0 Å². The third-order valence-electron chi connectivity index (χ3n) is 9.13. The predicted octanol–water partition coefficient (Wildman–Crippen LogP) is 4.27. The lowest BCUT2D eigenvalue weighted by Crippen LogP contribution is -2.60. The average molecular weight is 708 g/mol. The molecule has 1 saturated heterocycles. The SMILES string of the molecule is CCCCCCCCCCCCCC[C@@H](O)[C@@H](O)[C@H](CO[C@H]1OC(CO)[C@H](O)[C@H](O)C1O)NC(=O)Cc1ccc(Oc2ccc(F)cc2)cc1. The van der Waals surface area contributed by atoms with E-state index in [0.29, 0.717) is 29.9 Å². The number of carbonyl (C=O) groups excluding carboxylic acids is 1. The summed E-state index contributed by atoms with van der Waals surface area (Å²) in [4.78, 5) is 13.1. The minimum atomic E-state index is -1.66. The van der Waals surface area contributed by atoms with Crippen molar-refractivity contribution in [3.63, 3.8) is 0 Å². The molecule has 7 N–H and O–H groups in total. The molecule has 2 aromatic carbocycles. The number of nitrogens with one attached hydrogen (secondary N) is 1. The van der Waals surface area contributed by atoms with Gasteiger partial charge in [0.25, 0.3) is 0 Å². The van der Waals surface area contributed by atoms with Crippen LogP contribution in [0.5, 0.6) is 11.5 Å². The molecule has 1 aliphatic heterocycles. The number of carbonyl (C=O) groups is 1. The first-order valence-corrected chi connectivity index (χ1v) is 18.2. The second-order valence-corrected chi connectivity index (χ2v) is 13.3. The van der Waals surface area contributed by atoms with Crippen LogP contribution < -0.4 is 10.1 Å². The van der Waals surface area contributed by atoms with E-state index in [9.17, 15) is 39.8 Å².